The molecule has 0 unspecified atom stereocenters. The van der Waals surface area contributed by atoms with Crippen molar-refractivity contribution in [3.8, 4) is 0 Å². The molecule has 0 saturated carbocycles. The molecular weight excluding hydrogens is 304 g/mol. The highest BCUT2D eigenvalue weighted by atomic mass is 16.2. The molecule has 1 amide bonds. The summed E-state index contributed by atoms with van der Waals surface area (Å²) in [5.74, 6) is -0.159. The summed E-state index contributed by atoms with van der Waals surface area (Å²) in [4.78, 5) is 23.5. The molecule has 1 aromatic carbocycles. The van der Waals surface area contributed by atoms with Crippen molar-refractivity contribution in [3.05, 3.63) is 47.4 Å². The molecule has 2 aromatic rings. The van der Waals surface area contributed by atoms with Gasteiger partial charge in [-0.2, -0.15) is 5.10 Å². The van der Waals surface area contributed by atoms with Crippen LogP contribution in [-0.2, 0) is 4.79 Å². The lowest BCUT2D eigenvalue weighted by Gasteiger charge is -2.11. The number of anilines is 2. The van der Waals surface area contributed by atoms with Crippen LogP contribution in [0, 0.1) is 0 Å². The van der Waals surface area contributed by atoms with E-state index in [4.69, 9.17) is 0 Å². The Hall–Kier alpha value is -2.89. The van der Waals surface area contributed by atoms with Gasteiger partial charge in [0.15, 0.2) is 0 Å². The lowest BCUT2D eigenvalue weighted by atomic mass is 10.0. The molecule has 0 fully saturated rings. The Kier molecular flexibility index (Phi) is 4.20. The van der Waals surface area contributed by atoms with E-state index < -0.39 is 0 Å². The molecule has 2 heterocycles. The highest BCUT2D eigenvalue weighted by Crippen LogP contribution is 2.35. The number of nitrogens with zero attached hydrogens (tertiary/aromatic N) is 2. The van der Waals surface area contributed by atoms with Crippen LogP contribution in [-0.4, -0.2) is 22.0 Å². The van der Waals surface area contributed by atoms with Gasteiger partial charge >= 0.3 is 0 Å². The second-order valence-corrected chi connectivity index (χ2v) is 6.01. The minimum absolute atomic E-state index is 0.159. The third-order valence-electron chi connectivity index (χ3n) is 4.01. The molecular formula is C18H20N4O2. The normalized spacial score (nSPS) is 15.2. The number of carbonyl (C=O) groups is 2. The van der Waals surface area contributed by atoms with E-state index >= 15 is 0 Å². The van der Waals surface area contributed by atoms with Gasteiger partial charge in [0.1, 0.15) is 6.29 Å². The van der Waals surface area contributed by atoms with Crippen LogP contribution < -0.4 is 10.6 Å². The second kappa shape index (κ2) is 6.31. The number of aldehydes is 1. The maximum Gasteiger partial charge on any atom is 0.258 e. The molecule has 6 nitrogen and oxygen atoms in total. The Morgan fingerprint density at radius 3 is 2.83 bits per heavy atom. The van der Waals surface area contributed by atoms with Crippen LogP contribution in [0.2, 0.25) is 0 Å². The molecule has 0 radical (unpaired) electrons. The van der Waals surface area contributed by atoms with Gasteiger partial charge in [-0.15, -0.1) is 0 Å². The zero-order valence-corrected chi connectivity index (χ0v) is 14.0. The summed E-state index contributed by atoms with van der Waals surface area (Å²) in [5, 5.41) is 10.5. The maximum absolute atomic E-state index is 12.4. The van der Waals surface area contributed by atoms with Crippen LogP contribution in [0.1, 0.15) is 49.2 Å². The molecule has 0 aliphatic carbocycles. The van der Waals surface area contributed by atoms with E-state index in [1.807, 2.05) is 17.8 Å². The molecule has 1 aromatic heterocycles. The highest BCUT2D eigenvalue weighted by Gasteiger charge is 2.27. The number of amides is 1. The molecule has 124 valence electrons. The van der Waals surface area contributed by atoms with E-state index in [0.29, 0.717) is 17.6 Å². The van der Waals surface area contributed by atoms with Crippen LogP contribution in [0.15, 0.2) is 36.3 Å². The predicted octanol–water partition coefficient (Wildman–Crippen LogP) is 3.46. The average Bonchev–Trinajstić information content (AvgIpc) is 3.16. The smallest absolute Gasteiger partial charge is 0.258 e. The van der Waals surface area contributed by atoms with Crippen molar-refractivity contribution in [3.63, 3.8) is 0 Å². The summed E-state index contributed by atoms with van der Waals surface area (Å²) in [5.41, 5.74) is 4.24. The topological polar surface area (TPSA) is 76.0 Å². The molecule has 0 atom stereocenters. The first-order valence-corrected chi connectivity index (χ1v) is 7.98. The van der Waals surface area contributed by atoms with Crippen molar-refractivity contribution in [2.24, 2.45) is 0 Å². The monoisotopic (exact) mass is 324 g/mol. The SMILES string of the molecule is CCC(Nc1cnn(C(C)C)c1)=C1C(=O)Nc2ccc(C=O)cc21. The predicted molar refractivity (Wildman–Crippen MR) is 93.9 cm³/mol. The molecule has 1 aliphatic rings. The van der Waals surface area contributed by atoms with Crippen molar-refractivity contribution in [1.29, 1.82) is 0 Å². The molecule has 0 spiro atoms. The van der Waals surface area contributed by atoms with Gasteiger partial charge in [-0.05, 0) is 38.5 Å². The summed E-state index contributed by atoms with van der Waals surface area (Å²) in [6.07, 6.45) is 5.09. The number of aromatic nitrogens is 2. The number of hydrogen-bond donors (Lipinski definition) is 2. The van der Waals surface area contributed by atoms with Crippen LogP contribution in [0.4, 0.5) is 11.4 Å². The van der Waals surface area contributed by atoms with Crippen molar-refractivity contribution >= 4 is 29.1 Å². The Bertz CT molecular complexity index is 833. The minimum atomic E-state index is -0.159. The van der Waals surface area contributed by atoms with Crippen molar-refractivity contribution < 1.29 is 9.59 Å². The summed E-state index contributed by atoms with van der Waals surface area (Å²) in [6.45, 7) is 6.09. The minimum Gasteiger partial charge on any atom is -0.356 e. The number of hydrogen-bond acceptors (Lipinski definition) is 4. The largest absolute Gasteiger partial charge is 0.356 e. The van der Waals surface area contributed by atoms with Gasteiger partial charge in [0.05, 0.1) is 17.5 Å². The van der Waals surface area contributed by atoms with Crippen LogP contribution in [0.3, 0.4) is 0 Å². The number of nitrogens with one attached hydrogen (secondary N) is 2. The lowest BCUT2D eigenvalue weighted by molar-refractivity contribution is -0.110. The highest BCUT2D eigenvalue weighted by molar-refractivity contribution is 6.32. The molecule has 0 saturated heterocycles. The van der Waals surface area contributed by atoms with Crippen LogP contribution in [0.5, 0.6) is 0 Å². The Labute approximate surface area is 140 Å². The van der Waals surface area contributed by atoms with Gasteiger partial charge in [-0.25, -0.2) is 0 Å². The first-order valence-electron chi connectivity index (χ1n) is 7.98. The number of carbonyl (C=O) groups excluding carboxylic acids is 2. The molecule has 6 heteroatoms. The van der Waals surface area contributed by atoms with Crippen molar-refractivity contribution in [2.45, 2.75) is 33.2 Å². The lowest BCUT2D eigenvalue weighted by Crippen LogP contribution is -2.10. The number of benzene rings is 1. The number of allylic oxidation sites excluding steroid dienone is 1. The first kappa shape index (κ1) is 16.0. The van der Waals surface area contributed by atoms with E-state index in [-0.39, 0.29) is 11.9 Å². The summed E-state index contributed by atoms with van der Waals surface area (Å²) in [6, 6.07) is 5.46. The third kappa shape index (κ3) is 2.82. The van der Waals surface area contributed by atoms with Crippen LogP contribution >= 0.6 is 0 Å². The summed E-state index contributed by atoms with van der Waals surface area (Å²) in [7, 11) is 0. The Morgan fingerprint density at radius 1 is 1.42 bits per heavy atom. The molecule has 1 aliphatic heterocycles. The Balaban J connectivity index is 2.02. The van der Waals surface area contributed by atoms with E-state index in [2.05, 4.69) is 29.6 Å². The van der Waals surface area contributed by atoms with E-state index in [0.717, 1.165) is 28.9 Å². The molecule has 24 heavy (non-hydrogen) atoms. The van der Waals surface area contributed by atoms with Crippen molar-refractivity contribution in [1.82, 2.24) is 9.78 Å². The number of rotatable bonds is 5. The summed E-state index contributed by atoms with van der Waals surface area (Å²) >= 11 is 0. The van der Waals surface area contributed by atoms with Gasteiger partial charge in [0, 0.05) is 34.8 Å². The Morgan fingerprint density at radius 2 is 2.21 bits per heavy atom. The molecule has 3 rings (SSSR count). The van der Waals surface area contributed by atoms with Gasteiger partial charge in [0.2, 0.25) is 0 Å². The van der Waals surface area contributed by atoms with Crippen LogP contribution in [0.25, 0.3) is 5.57 Å². The maximum atomic E-state index is 12.4. The van der Waals surface area contributed by atoms with Crippen molar-refractivity contribution in [2.75, 3.05) is 10.6 Å². The fourth-order valence-corrected chi connectivity index (χ4v) is 2.74. The zero-order valence-electron chi connectivity index (χ0n) is 14.0. The molecule has 0 bridgehead atoms. The fourth-order valence-electron chi connectivity index (χ4n) is 2.74. The summed E-state index contributed by atoms with van der Waals surface area (Å²) < 4.78 is 1.85. The third-order valence-corrected chi connectivity index (χ3v) is 4.01. The van der Waals surface area contributed by atoms with Gasteiger partial charge in [0.25, 0.3) is 5.91 Å². The van der Waals surface area contributed by atoms with Gasteiger partial charge in [-0.1, -0.05) is 6.92 Å². The quantitative estimate of drug-likeness (QED) is 0.652. The number of fused-ring (bicyclic) bond motifs is 1. The van der Waals surface area contributed by atoms with E-state index in [9.17, 15) is 9.59 Å². The van der Waals surface area contributed by atoms with Gasteiger partial charge < -0.3 is 10.6 Å². The van der Waals surface area contributed by atoms with E-state index in [1.54, 1.807) is 24.4 Å². The second-order valence-electron chi connectivity index (χ2n) is 6.01. The molecule has 2 N–H and O–H groups in total. The zero-order chi connectivity index (χ0) is 17.3. The fraction of sp³-hybridized carbons (Fsp3) is 0.278. The first-order chi connectivity index (χ1) is 11.5. The standard InChI is InChI=1S/C18H20N4O2/c1-4-15(20-13-8-19-22(9-13)11(2)3)17-14-7-12(10-23)5-6-16(14)21-18(17)24/h5-11,20H,4H2,1-3H3,(H,21,24). The van der Waals surface area contributed by atoms with E-state index in [1.165, 1.54) is 0 Å². The van der Waals surface area contributed by atoms with Gasteiger partial charge in [-0.3, -0.25) is 14.3 Å². The average molecular weight is 324 g/mol.